The van der Waals surface area contributed by atoms with Crippen LogP contribution in [0.25, 0.3) is 5.57 Å². The summed E-state index contributed by atoms with van der Waals surface area (Å²) in [6.45, 7) is 4.03. The highest BCUT2D eigenvalue weighted by atomic mass is 16.2. The highest BCUT2D eigenvalue weighted by Crippen LogP contribution is 2.34. The standard InChI is InChI=1S/C26H25N3O2/c1-17-10-11-19(16-18(17)2)23-24(27-20-8-6-5-7-9-20)26(31)29(25(23)30)22-14-12-21(13-15-22)28(3)4/h5-16,27H,1-4H3. The van der Waals surface area contributed by atoms with Crippen LogP contribution >= 0.6 is 0 Å². The molecule has 1 aliphatic heterocycles. The number of para-hydroxylation sites is 1. The van der Waals surface area contributed by atoms with E-state index in [-0.39, 0.29) is 17.5 Å². The van der Waals surface area contributed by atoms with Crippen LogP contribution in [0.15, 0.2) is 78.5 Å². The molecule has 3 aromatic rings. The molecule has 0 bridgehead atoms. The molecule has 0 aliphatic carbocycles. The van der Waals surface area contributed by atoms with Crippen molar-refractivity contribution in [2.45, 2.75) is 13.8 Å². The first-order valence-corrected chi connectivity index (χ1v) is 10.2. The highest BCUT2D eigenvalue weighted by molar-refractivity contribution is 6.46. The summed E-state index contributed by atoms with van der Waals surface area (Å²) < 4.78 is 0. The third-order valence-corrected chi connectivity index (χ3v) is 5.55. The van der Waals surface area contributed by atoms with Crippen molar-refractivity contribution >= 4 is 34.4 Å². The first-order valence-electron chi connectivity index (χ1n) is 10.2. The second kappa shape index (κ2) is 8.11. The van der Waals surface area contributed by atoms with Gasteiger partial charge in [0.05, 0.1) is 11.3 Å². The van der Waals surface area contributed by atoms with Crippen molar-refractivity contribution in [2.24, 2.45) is 0 Å². The van der Waals surface area contributed by atoms with Crippen LogP contribution in [0.4, 0.5) is 17.1 Å². The number of anilines is 3. The van der Waals surface area contributed by atoms with Gasteiger partial charge in [0.2, 0.25) is 0 Å². The van der Waals surface area contributed by atoms with Gasteiger partial charge >= 0.3 is 0 Å². The Morgan fingerprint density at radius 2 is 1.45 bits per heavy atom. The molecule has 0 fully saturated rings. The SMILES string of the molecule is Cc1ccc(C2=C(Nc3ccccc3)C(=O)N(c3ccc(N(C)C)cc3)C2=O)cc1C. The minimum atomic E-state index is -0.361. The Hall–Kier alpha value is -3.86. The number of nitrogens with zero attached hydrogens (tertiary/aromatic N) is 2. The molecule has 0 spiro atoms. The average Bonchev–Trinajstić information content (AvgIpc) is 3.00. The largest absolute Gasteiger partial charge is 0.378 e. The lowest BCUT2D eigenvalue weighted by atomic mass is 9.99. The zero-order valence-corrected chi connectivity index (χ0v) is 18.1. The summed E-state index contributed by atoms with van der Waals surface area (Å²) in [5.74, 6) is -0.691. The quantitative estimate of drug-likeness (QED) is 0.615. The van der Waals surface area contributed by atoms with Gasteiger partial charge in [-0.2, -0.15) is 0 Å². The maximum Gasteiger partial charge on any atom is 0.282 e. The molecule has 5 nitrogen and oxygen atoms in total. The van der Waals surface area contributed by atoms with Gasteiger partial charge in [-0.1, -0.05) is 36.4 Å². The summed E-state index contributed by atoms with van der Waals surface area (Å²) in [7, 11) is 3.89. The monoisotopic (exact) mass is 411 g/mol. The minimum absolute atomic E-state index is 0.288. The van der Waals surface area contributed by atoms with Gasteiger partial charge in [-0.25, -0.2) is 4.90 Å². The smallest absolute Gasteiger partial charge is 0.282 e. The molecule has 0 unspecified atom stereocenters. The number of carbonyl (C=O) groups is 2. The number of amides is 2. The van der Waals surface area contributed by atoms with Gasteiger partial charge < -0.3 is 10.2 Å². The van der Waals surface area contributed by atoms with Crippen LogP contribution in [-0.2, 0) is 9.59 Å². The van der Waals surface area contributed by atoms with E-state index >= 15 is 0 Å². The highest BCUT2D eigenvalue weighted by Gasteiger charge is 2.40. The van der Waals surface area contributed by atoms with E-state index in [2.05, 4.69) is 5.32 Å². The Kier molecular flexibility index (Phi) is 5.34. The lowest BCUT2D eigenvalue weighted by Crippen LogP contribution is -2.32. The van der Waals surface area contributed by atoms with Gasteiger partial charge in [0.1, 0.15) is 5.70 Å². The van der Waals surface area contributed by atoms with Crippen LogP contribution in [0, 0.1) is 13.8 Å². The topological polar surface area (TPSA) is 52.7 Å². The van der Waals surface area contributed by atoms with Crippen molar-refractivity contribution in [1.29, 1.82) is 0 Å². The number of rotatable bonds is 5. The van der Waals surface area contributed by atoms with Gasteiger partial charge in [0.25, 0.3) is 11.8 Å². The lowest BCUT2D eigenvalue weighted by molar-refractivity contribution is -0.120. The van der Waals surface area contributed by atoms with Crippen LogP contribution in [0.5, 0.6) is 0 Å². The van der Waals surface area contributed by atoms with Crippen molar-refractivity contribution in [2.75, 3.05) is 29.2 Å². The fraction of sp³-hybridized carbons (Fsp3) is 0.154. The number of nitrogens with one attached hydrogen (secondary N) is 1. The molecule has 1 aliphatic rings. The molecule has 3 aromatic carbocycles. The van der Waals surface area contributed by atoms with Crippen molar-refractivity contribution < 1.29 is 9.59 Å². The summed E-state index contributed by atoms with van der Waals surface area (Å²) >= 11 is 0. The van der Waals surface area contributed by atoms with Crippen LogP contribution < -0.4 is 15.1 Å². The van der Waals surface area contributed by atoms with Crippen LogP contribution in [-0.4, -0.2) is 25.9 Å². The Balaban J connectivity index is 1.80. The fourth-order valence-electron chi connectivity index (χ4n) is 3.61. The second-order valence-corrected chi connectivity index (χ2v) is 7.90. The summed E-state index contributed by atoms with van der Waals surface area (Å²) in [6, 6.07) is 22.7. The zero-order chi connectivity index (χ0) is 22.1. The van der Waals surface area contributed by atoms with Crippen molar-refractivity contribution in [3.8, 4) is 0 Å². The molecular weight excluding hydrogens is 386 g/mol. The first-order chi connectivity index (χ1) is 14.9. The third-order valence-electron chi connectivity index (χ3n) is 5.55. The summed E-state index contributed by atoms with van der Waals surface area (Å²) in [5, 5.41) is 3.19. The Labute approximate surface area is 182 Å². The Morgan fingerprint density at radius 1 is 0.774 bits per heavy atom. The summed E-state index contributed by atoms with van der Waals surface area (Å²) in [5.41, 5.74) is 5.90. The van der Waals surface area contributed by atoms with Gasteiger partial charge in [0.15, 0.2) is 0 Å². The third kappa shape index (κ3) is 3.82. The van der Waals surface area contributed by atoms with Crippen LogP contribution in [0.1, 0.15) is 16.7 Å². The molecule has 0 saturated carbocycles. The number of carbonyl (C=O) groups excluding carboxylic acids is 2. The molecular formula is C26H25N3O2. The maximum atomic E-state index is 13.5. The van der Waals surface area contributed by atoms with E-state index in [1.54, 1.807) is 12.1 Å². The van der Waals surface area contributed by atoms with Crippen molar-refractivity contribution in [3.05, 3.63) is 95.2 Å². The number of hydrogen-bond acceptors (Lipinski definition) is 4. The summed E-state index contributed by atoms with van der Waals surface area (Å²) in [6.07, 6.45) is 0. The van der Waals surface area contributed by atoms with E-state index < -0.39 is 0 Å². The zero-order valence-electron chi connectivity index (χ0n) is 18.1. The molecule has 2 amide bonds. The van der Waals surface area contributed by atoms with E-state index in [1.807, 2.05) is 93.5 Å². The molecule has 4 rings (SSSR count). The minimum Gasteiger partial charge on any atom is -0.378 e. The van der Waals surface area contributed by atoms with Crippen LogP contribution in [0.2, 0.25) is 0 Å². The molecule has 0 radical (unpaired) electrons. The molecule has 1 N–H and O–H groups in total. The van der Waals surface area contributed by atoms with Gasteiger partial charge in [-0.15, -0.1) is 0 Å². The number of aryl methyl sites for hydroxylation is 2. The van der Waals surface area contributed by atoms with Gasteiger partial charge in [-0.3, -0.25) is 9.59 Å². The number of imide groups is 1. The molecule has 0 saturated heterocycles. The molecule has 1 heterocycles. The van der Waals surface area contributed by atoms with E-state index in [1.165, 1.54) is 4.90 Å². The second-order valence-electron chi connectivity index (χ2n) is 7.90. The lowest BCUT2D eigenvalue weighted by Gasteiger charge is -2.18. The first kappa shape index (κ1) is 20.4. The predicted octanol–water partition coefficient (Wildman–Crippen LogP) is 4.77. The van der Waals surface area contributed by atoms with E-state index in [0.717, 1.165) is 28.1 Å². The van der Waals surface area contributed by atoms with E-state index in [4.69, 9.17) is 0 Å². The van der Waals surface area contributed by atoms with Crippen molar-refractivity contribution in [3.63, 3.8) is 0 Å². The van der Waals surface area contributed by atoms with E-state index in [0.29, 0.717) is 11.3 Å². The molecule has 0 aromatic heterocycles. The molecule has 31 heavy (non-hydrogen) atoms. The van der Waals surface area contributed by atoms with Crippen molar-refractivity contribution in [1.82, 2.24) is 0 Å². The number of hydrogen-bond donors (Lipinski definition) is 1. The predicted molar refractivity (Wildman–Crippen MR) is 126 cm³/mol. The number of benzene rings is 3. The van der Waals surface area contributed by atoms with Gasteiger partial charge in [0, 0.05) is 25.5 Å². The molecule has 0 atom stereocenters. The van der Waals surface area contributed by atoms with Gasteiger partial charge in [-0.05, 0) is 66.9 Å². The molecule has 5 heteroatoms. The molecule has 156 valence electrons. The normalized spacial score (nSPS) is 13.7. The Morgan fingerprint density at radius 3 is 2.06 bits per heavy atom. The Bertz CT molecular complexity index is 1180. The summed E-state index contributed by atoms with van der Waals surface area (Å²) in [4.78, 5) is 30.2. The maximum absolute atomic E-state index is 13.5. The van der Waals surface area contributed by atoms with Crippen LogP contribution in [0.3, 0.4) is 0 Å². The van der Waals surface area contributed by atoms with E-state index in [9.17, 15) is 9.59 Å². The fourth-order valence-corrected chi connectivity index (χ4v) is 3.61. The average molecular weight is 412 g/mol.